The SMILES string of the molecule is CN(CCCCN)CC1CCCN1C. The number of hydrogen-bond acceptors (Lipinski definition) is 3. The second-order valence-corrected chi connectivity index (χ2v) is 4.53. The van der Waals surface area contributed by atoms with Crippen LogP contribution in [0.25, 0.3) is 0 Å². The third-order valence-electron chi connectivity index (χ3n) is 3.19. The van der Waals surface area contributed by atoms with Crippen LogP contribution in [0.15, 0.2) is 0 Å². The summed E-state index contributed by atoms with van der Waals surface area (Å²) in [5.41, 5.74) is 5.47. The van der Waals surface area contributed by atoms with Crippen LogP contribution in [0, 0.1) is 0 Å². The van der Waals surface area contributed by atoms with Gasteiger partial charge in [-0.3, -0.25) is 0 Å². The molecule has 0 aromatic heterocycles. The van der Waals surface area contributed by atoms with Crippen molar-refractivity contribution in [3.05, 3.63) is 0 Å². The van der Waals surface area contributed by atoms with Gasteiger partial charge in [-0.25, -0.2) is 0 Å². The number of unbranched alkanes of at least 4 members (excludes halogenated alkanes) is 1. The molecule has 0 aromatic rings. The molecule has 0 aliphatic carbocycles. The van der Waals surface area contributed by atoms with Gasteiger partial charge in [0.05, 0.1) is 0 Å². The second-order valence-electron chi connectivity index (χ2n) is 4.53. The van der Waals surface area contributed by atoms with Gasteiger partial charge in [0.15, 0.2) is 0 Å². The van der Waals surface area contributed by atoms with E-state index in [1.807, 2.05) is 0 Å². The van der Waals surface area contributed by atoms with E-state index in [1.165, 1.54) is 38.9 Å². The van der Waals surface area contributed by atoms with Crippen molar-refractivity contribution in [2.24, 2.45) is 5.73 Å². The van der Waals surface area contributed by atoms with E-state index in [-0.39, 0.29) is 0 Å². The Balaban J connectivity index is 2.09. The highest BCUT2D eigenvalue weighted by Gasteiger charge is 2.21. The lowest BCUT2D eigenvalue weighted by Crippen LogP contribution is -2.37. The van der Waals surface area contributed by atoms with Crippen LogP contribution in [0.2, 0.25) is 0 Å². The fraction of sp³-hybridized carbons (Fsp3) is 1.00. The summed E-state index contributed by atoms with van der Waals surface area (Å²) in [7, 11) is 4.47. The summed E-state index contributed by atoms with van der Waals surface area (Å²) in [5, 5.41) is 0. The molecule has 0 spiro atoms. The number of likely N-dealkylation sites (N-methyl/N-ethyl adjacent to an activating group) is 2. The second kappa shape index (κ2) is 6.38. The molecule has 3 nitrogen and oxygen atoms in total. The lowest BCUT2D eigenvalue weighted by atomic mass is 10.2. The molecular weight excluding hydrogens is 174 g/mol. The molecule has 3 heteroatoms. The fourth-order valence-corrected chi connectivity index (χ4v) is 2.19. The first-order valence-corrected chi connectivity index (χ1v) is 5.83. The van der Waals surface area contributed by atoms with Gasteiger partial charge in [0.1, 0.15) is 0 Å². The maximum atomic E-state index is 5.47. The minimum atomic E-state index is 0.790. The van der Waals surface area contributed by atoms with Gasteiger partial charge < -0.3 is 15.5 Å². The highest BCUT2D eigenvalue weighted by atomic mass is 15.2. The fourth-order valence-electron chi connectivity index (χ4n) is 2.19. The Labute approximate surface area is 88.2 Å². The van der Waals surface area contributed by atoms with E-state index in [2.05, 4.69) is 23.9 Å². The van der Waals surface area contributed by atoms with Crippen LogP contribution in [-0.4, -0.2) is 56.1 Å². The lowest BCUT2D eigenvalue weighted by molar-refractivity contribution is 0.218. The van der Waals surface area contributed by atoms with Crippen molar-refractivity contribution in [2.75, 3.05) is 40.3 Å². The zero-order valence-corrected chi connectivity index (χ0v) is 9.71. The normalized spacial score (nSPS) is 23.6. The molecule has 14 heavy (non-hydrogen) atoms. The number of nitrogens with zero attached hydrogens (tertiary/aromatic N) is 2. The van der Waals surface area contributed by atoms with Crippen molar-refractivity contribution >= 4 is 0 Å². The molecule has 0 saturated carbocycles. The highest BCUT2D eigenvalue weighted by molar-refractivity contribution is 4.78. The van der Waals surface area contributed by atoms with E-state index in [0.717, 1.165) is 19.0 Å². The van der Waals surface area contributed by atoms with E-state index >= 15 is 0 Å². The molecule has 0 radical (unpaired) electrons. The monoisotopic (exact) mass is 199 g/mol. The third-order valence-corrected chi connectivity index (χ3v) is 3.19. The molecule has 1 saturated heterocycles. The minimum Gasteiger partial charge on any atom is -0.330 e. The first kappa shape index (κ1) is 12.0. The van der Waals surface area contributed by atoms with Crippen molar-refractivity contribution < 1.29 is 0 Å². The van der Waals surface area contributed by atoms with Gasteiger partial charge in [-0.1, -0.05) is 0 Å². The van der Waals surface area contributed by atoms with Crippen LogP contribution >= 0.6 is 0 Å². The van der Waals surface area contributed by atoms with Crippen LogP contribution < -0.4 is 5.73 Å². The van der Waals surface area contributed by atoms with Gasteiger partial charge >= 0.3 is 0 Å². The van der Waals surface area contributed by atoms with E-state index < -0.39 is 0 Å². The molecule has 1 aliphatic rings. The van der Waals surface area contributed by atoms with Crippen molar-refractivity contribution in [3.63, 3.8) is 0 Å². The smallest absolute Gasteiger partial charge is 0.0220 e. The Bertz CT molecular complexity index is 149. The number of likely N-dealkylation sites (tertiary alicyclic amines) is 1. The predicted octanol–water partition coefficient (Wildman–Crippen LogP) is 0.751. The molecule has 1 fully saturated rings. The van der Waals surface area contributed by atoms with Gasteiger partial charge in [-0.05, 0) is 59.4 Å². The van der Waals surface area contributed by atoms with Crippen LogP contribution in [0.3, 0.4) is 0 Å². The Kier molecular flexibility index (Phi) is 5.45. The largest absolute Gasteiger partial charge is 0.330 e. The predicted molar refractivity (Wildman–Crippen MR) is 61.4 cm³/mol. The molecule has 1 atom stereocenters. The molecule has 1 rings (SSSR count). The van der Waals surface area contributed by atoms with Gasteiger partial charge in [0.2, 0.25) is 0 Å². The van der Waals surface area contributed by atoms with Gasteiger partial charge in [-0.15, -0.1) is 0 Å². The first-order valence-electron chi connectivity index (χ1n) is 5.83. The van der Waals surface area contributed by atoms with E-state index in [0.29, 0.717) is 0 Å². The summed E-state index contributed by atoms with van der Waals surface area (Å²) in [4.78, 5) is 4.93. The topological polar surface area (TPSA) is 32.5 Å². The summed E-state index contributed by atoms with van der Waals surface area (Å²) in [6.45, 7) is 4.53. The van der Waals surface area contributed by atoms with Crippen LogP contribution in [0.4, 0.5) is 0 Å². The van der Waals surface area contributed by atoms with Crippen molar-refractivity contribution in [1.29, 1.82) is 0 Å². The Hall–Kier alpha value is -0.120. The highest BCUT2D eigenvalue weighted by Crippen LogP contribution is 2.15. The zero-order valence-electron chi connectivity index (χ0n) is 9.71. The average molecular weight is 199 g/mol. The van der Waals surface area contributed by atoms with Crippen molar-refractivity contribution in [1.82, 2.24) is 9.80 Å². The molecule has 0 amide bonds. The van der Waals surface area contributed by atoms with Crippen LogP contribution in [-0.2, 0) is 0 Å². The first-order chi connectivity index (χ1) is 6.74. The van der Waals surface area contributed by atoms with Gasteiger partial charge in [0, 0.05) is 12.6 Å². The lowest BCUT2D eigenvalue weighted by Gasteiger charge is -2.25. The molecular formula is C11H25N3. The summed E-state index contributed by atoms with van der Waals surface area (Å²) < 4.78 is 0. The summed E-state index contributed by atoms with van der Waals surface area (Å²) in [6, 6.07) is 0.790. The quantitative estimate of drug-likeness (QED) is 0.641. The van der Waals surface area contributed by atoms with Gasteiger partial charge in [0.25, 0.3) is 0 Å². The Morgan fingerprint density at radius 2 is 2.21 bits per heavy atom. The summed E-state index contributed by atoms with van der Waals surface area (Å²) in [6.07, 6.45) is 5.14. The van der Waals surface area contributed by atoms with E-state index in [1.54, 1.807) is 0 Å². The molecule has 0 aromatic carbocycles. The Morgan fingerprint density at radius 3 is 2.79 bits per heavy atom. The average Bonchev–Trinajstić information content (AvgIpc) is 2.52. The molecule has 84 valence electrons. The number of hydrogen-bond donors (Lipinski definition) is 1. The van der Waals surface area contributed by atoms with Crippen LogP contribution in [0.5, 0.6) is 0 Å². The maximum Gasteiger partial charge on any atom is 0.0220 e. The maximum absolute atomic E-state index is 5.47. The van der Waals surface area contributed by atoms with E-state index in [9.17, 15) is 0 Å². The number of nitrogens with two attached hydrogens (primary N) is 1. The van der Waals surface area contributed by atoms with E-state index in [4.69, 9.17) is 5.73 Å². The zero-order chi connectivity index (χ0) is 10.4. The molecule has 1 heterocycles. The minimum absolute atomic E-state index is 0.790. The third kappa shape index (κ3) is 3.95. The number of rotatable bonds is 6. The molecule has 0 bridgehead atoms. The van der Waals surface area contributed by atoms with Gasteiger partial charge in [-0.2, -0.15) is 0 Å². The standard InChI is InChI=1S/C11H25N3/c1-13(8-4-3-7-12)10-11-6-5-9-14(11)2/h11H,3-10,12H2,1-2H3. The van der Waals surface area contributed by atoms with Crippen molar-refractivity contribution in [2.45, 2.75) is 31.7 Å². The molecule has 1 unspecified atom stereocenters. The molecule has 2 N–H and O–H groups in total. The van der Waals surface area contributed by atoms with Crippen LogP contribution in [0.1, 0.15) is 25.7 Å². The summed E-state index contributed by atoms with van der Waals surface area (Å²) >= 11 is 0. The molecule has 1 aliphatic heterocycles. The Morgan fingerprint density at radius 1 is 1.43 bits per heavy atom. The summed E-state index contributed by atoms with van der Waals surface area (Å²) in [5.74, 6) is 0. The van der Waals surface area contributed by atoms with Crippen molar-refractivity contribution in [3.8, 4) is 0 Å².